The van der Waals surface area contributed by atoms with Gasteiger partial charge in [-0.3, -0.25) is 0 Å². The molecule has 0 radical (unpaired) electrons. The molecule has 0 aliphatic heterocycles. The number of furan rings is 2. The van der Waals surface area contributed by atoms with Crippen molar-refractivity contribution in [1.29, 1.82) is 0 Å². The topological polar surface area (TPSA) is 109 Å². The van der Waals surface area contributed by atoms with Gasteiger partial charge in [0.1, 0.15) is 11.2 Å². The van der Waals surface area contributed by atoms with E-state index in [1.807, 2.05) is 60.7 Å². The van der Waals surface area contributed by atoms with Crippen LogP contribution in [0.15, 0.2) is 421 Å². The van der Waals surface area contributed by atoms with Crippen LogP contribution in [0.2, 0.25) is 5.02 Å². The van der Waals surface area contributed by atoms with Crippen LogP contribution in [0.1, 0.15) is 11.1 Å². The van der Waals surface area contributed by atoms with Crippen LogP contribution in [0.5, 0.6) is 0 Å². The number of nitrogens with zero attached hydrogens (tertiary/aromatic N) is 7. The van der Waals surface area contributed by atoms with Crippen molar-refractivity contribution in [3.05, 3.63) is 429 Å². The van der Waals surface area contributed by atoms with Crippen molar-refractivity contribution in [2.24, 2.45) is 0 Å². The van der Waals surface area contributed by atoms with Gasteiger partial charge in [0.15, 0.2) is 46.1 Å². The first-order valence-corrected chi connectivity index (χ1v) is 44.0. The van der Waals surface area contributed by atoms with Crippen LogP contribution < -0.4 is 0 Å². The third kappa shape index (κ3) is 12.1. The highest BCUT2D eigenvalue weighted by Gasteiger charge is 2.29. The molecule has 0 saturated heterocycles. The molecule has 0 N–H and O–H groups in total. The van der Waals surface area contributed by atoms with Gasteiger partial charge in [0.25, 0.3) is 0 Å². The molecule has 1 aliphatic rings. The number of hydrogen-bond acceptors (Lipinski definition) is 8. The first kappa shape index (κ1) is 73.7. The fourth-order valence-corrected chi connectivity index (χ4v) is 20.5. The van der Waals surface area contributed by atoms with Crippen molar-refractivity contribution in [3.8, 4) is 85.1 Å². The van der Waals surface area contributed by atoms with E-state index in [-0.39, 0.29) is 0 Å². The molecule has 22 aromatic carbocycles. The lowest BCUT2D eigenvalue weighted by atomic mass is 9.96. The zero-order chi connectivity index (χ0) is 84.9. The first-order valence-electron chi connectivity index (χ1n) is 43.6. The molecule has 1 aliphatic carbocycles. The average Bonchev–Trinajstić information content (AvgIpc) is 1.53. The number of benzene rings is 22. The number of rotatable bonds is 7. The molecule has 0 amide bonds. The zero-order valence-corrected chi connectivity index (χ0v) is 70.0. The van der Waals surface area contributed by atoms with Crippen LogP contribution in [0.25, 0.3) is 259 Å². The highest BCUT2D eigenvalue weighted by molar-refractivity contribution is 6.37. The highest BCUT2D eigenvalue weighted by atomic mass is 35.5. The van der Waals surface area contributed by atoms with Crippen molar-refractivity contribution < 1.29 is 8.83 Å². The molecule has 9 nitrogen and oxygen atoms in total. The summed E-state index contributed by atoms with van der Waals surface area (Å²) in [6.07, 6.45) is 1.06. The molecule has 5 heterocycles. The summed E-state index contributed by atoms with van der Waals surface area (Å²) in [7, 11) is 0. The van der Waals surface area contributed by atoms with Crippen LogP contribution in [0.3, 0.4) is 0 Å². The molecule has 129 heavy (non-hydrogen) atoms. The lowest BCUT2D eigenvalue weighted by Gasteiger charge is -2.14. The summed E-state index contributed by atoms with van der Waals surface area (Å²) < 4.78 is 16.2. The van der Waals surface area contributed by atoms with Gasteiger partial charge < -0.3 is 13.4 Å². The largest absolute Gasteiger partial charge is 0.454 e. The third-order valence-electron chi connectivity index (χ3n) is 26.2. The van der Waals surface area contributed by atoms with Crippen molar-refractivity contribution in [3.63, 3.8) is 0 Å². The van der Waals surface area contributed by atoms with E-state index < -0.39 is 0 Å². The Balaban J connectivity index is 0.000000116. The molecule has 10 heteroatoms. The molecule has 600 valence electrons. The Bertz CT molecular complexity index is 9220. The van der Waals surface area contributed by atoms with Gasteiger partial charge in [-0.2, -0.15) is 0 Å². The molecule has 0 bridgehead atoms. The monoisotopic (exact) mass is 1660 g/mol. The molecule has 5 aromatic heterocycles. The van der Waals surface area contributed by atoms with E-state index in [9.17, 15) is 0 Å². The average molecular weight is 1670 g/mol. The number of fused-ring (bicyclic) bond motifs is 26. The van der Waals surface area contributed by atoms with E-state index in [0.717, 1.165) is 159 Å². The van der Waals surface area contributed by atoms with Gasteiger partial charge in [0, 0.05) is 76.5 Å². The SMILES string of the molecule is Clc1ccc(-c2nc(-c3cccc4ccccc34)nc(-c3cccc4ccccc34)n2)c2c1oc1c3ccccc3ccc12.c1ccc2cc3c(cc2c1)Cc1ccc2ccccc2c1-3.c1ccc2cc3c(cc2c1)c1c2ccccc2ccc1n3-c1ccc(-c2nc(-c3cccc4ccccc34)nc(-c3cccc4ccccc34)n2)c2c1oc1c3ccccc3ccc12. The molecule has 27 aromatic rings. The van der Waals surface area contributed by atoms with Crippen LogP contribution in [0.4, 0.5) is 0 Å². The van der Waals surface area contributed by atoms with Crippen molar-refractivity contribution in [2.75, 3.05) is 0 Å². The molecule has 0 atom stereocenters. The van der Waals surface area contributed by atoms with Gasteiger partial charge in [-0.1, -0.05) is 363 Å². The lowest BCUT2D eigenvalue weighted by Crippen LogP contribution is -2.02. The molecular formula is C119H70ClN7O2. The fourth-order valence-electron chi connectivity index (χ4n) is 20.3. The molecule has 0 fully saturated rings. The lowest BCUT2D eigenvalue weighted by molar-refractivity contribution is 0.670. The minimum atomic E-state index is 0.543. The molecule has 28 rings (SSSR count). The Morgan fingerprint density at radius 1 is 0.202 bits per heavy atom. The third-order valence-corrected chi connectivity index (χ3v) is 26.5. The van der Waals surface area contributed by atoms with Crippen molar-refractivity contribution >= 4 is 185 Å². The summed E-state index contributed by atoms with van der Waals surface area (Å²) in [5.74, 6) is 3.57. The Morgan fingerprint density at radius 2 is 0.543 bits per heavy atom. The molecular weight excluding hydrogens is 1590 g/mol. The van der Waals surface area contributed by atoms with E-state index >= 15 is 0 Å². The second kappa shape index (κ2) is 29.7. The van der Waals surface area contributed by atoms with E-state index in [4.69, 9.17) is 50.3 Å². The highest BCUT2D eigenvalue weighted by Crippen LogP contribution is 2.50. The summed E-state index contributed by atoms with van der Waals surface area (Å²) in [5.41, 5.74) is 17.4. The number of aromatic nitrogens is 7. The van der Waals surface area contributed by atoms with Crippen LogP contribution in [-0.2, 0) is 6.42 Å². The predicted octanol–water partition coefficient (Wildman–Crippen LogP) is 32.1. The van der Waals surface area contributed by atoms with Gasteiger partial charge >= 0.3 is 0 Å². The summed E-state index contributed by atoms with van der Waals surface area (Å²) in [4.78, 5) is 31.6. The van der Waals surface area contributed by atoms with Crippen LogP contribution >= 0.6 is 11.6 Å². The second-order valence-electron chi connectivity index (χ2n) is 33.5. The van der Waals surface area contributed by atoms with E-state index in [1.165, 1.54) is 76.1 Å². The molecule has 0 saturated carbocycles. The Labute approximate surface area is 743 Å². The first-order chi connectivity index (χ1) is 63.9. The van der Waals surface area contributed by atoms with Gasteiger partial charge in [-0.15, -0.1) is 0 Å². The Kier molecular flexibility index (Phi) is 16.9. The number of halogens is 1. The normalized spacial score (nSPS) is 12.0. The summed E-state index contributed by atoms with van der Waals surface area (Å²) in [6, 6.07) is 145. The van der Waals surface area contributed by atoms with E-state index in [2.05, 4.69) is 356 Å². The summed E-state index contributed by atoms with van der Waals surface area (Å²) in [6.45, 7) is 0. The van der Waals surface area contributed by atoms with Crippen LogP contribution in [-0.4, -0.2) is 34.5 Å². The fraction of sp³-hybridized carbons (Fsp3) is 0.00840. The second-order valence-corrected chi connectivity index (χ2v) is 33.9. The standard InChI is InChI=1S/C59H34N4O.C39H22ClN3O.C21H14/c1-2-18-40-34-52-49(33-39(40)17-1)53-43-23-9-5-15-37(43)28-31-50(53)63(52)51-32-30-48(54-47-29-27-38-16-6-10-24-44(38)55(47)64-56(51)54)59-61-57(45-25-11-19-35-13-3-7-21-41(35)45)60-58(62-59)46-26-12-20-36-14-4-8-22-42(36)46;40-33-22-21-32(34-31-20-19-25-11-3-6-16-28(25)35(31)44-36(33)34)39-42-37(29-17-7-12-23-9-1-4-14-26(23)29)41-38(43-39)30-18-8-13-24-10-2-5-15-27(24)30;1-2-7-16-13-20-18(11-15(16)6-1)12-17-10-9-14-5-3-4-8-19(14)21(17)20/h1-34H;1-22H;1-11,13H,12H2. The molecule has 0 spiro atoms. The summed E-state index contributed by atoms with van der Waals surface area (Å²) >= 11 is 6.78. The predicted molar refractivity (Wildman–Crippen MR) is 536 cm³/mol. The van der Waals surface area contributed by atoms with E-state index in [1.54, 1.807) is 0 Å². The van der Waals surface area contributed by atoms with E-state index in [0.29, 0.717) is 45.6 Å². The maximum absolute atomic E-state index is 7.31. The maximum atomic E-state index is 7.31. The minimum absolute atomic E-state index is 0.543. The minimum Gasteiger partial charge on any atom is -0.454 e. The van der Waals surface area contributed by atoms with Gasteiger partial charge in [-0.05, 0) is 186 Å². The van der Waals surface area contributed by atoms with Gasteiger partial charge in [0.2, 0.25) is 0 Å². The van der Waals surface area contributed by atoms with Gasteiger partial charge in [-0.25, -0.2) is 29.9 Å². The smallest absolute Gasteiger partial charge is 0.164 e. The molecule has 0 unspecified atom stereocenters. The van der Waals surface area contributed by atoms with Crippen molar-refractivity contribution in [1.82, 2.24) is 34.5 Å². The quantitative estimate of drug-likeness (QED) is 0.155. The number of hydrogen-bond donors (Lipinski definition) is 0. The Morgan fingerprint density at radius 3 is 1.02 bits per heavy atom. The van der Waals surface area contributed by atoms with Crippen LogP contribution in [0, 0.1) is 0 Å². The van der Waals surface area contributed by atoms with Gasteiger partial charge in [0.05, 0.1) is 21.7 Å². The maximum Gasteiger partial charge on any atom is 0.164 e. The Hall–Kier alpha value is -16.9. The summed E-state index contributed by atoms with van der Waals surface area (Å²) in [5, 5.41) is 30.1. The van der Waals surface area contributed by atoms with Crippen molar-refractivity contribution in [2.45, 2.75) is 6.42 Å². The zero-order valence-electron chi connectivity index (χ0n) is 69.3.